The molecule has 0 bridgehead atoms. The molecule has 0 N–H and O–H groups in total. The van der Waals surface area contributed by atoms with Crippen molar-refractivity contribution in [2.24, 2.45) is 0 Å². The zero-order chi connectivity index (χ0) is 25.0. The fourth-order valence-corrected chi connectivity index (χ4v) is 5.00. The fraction of sp³-hybridized carbons (Fsp3) is 0.138. The monoisotopic (exact) mass is 480 g/mol. The second-order valence-corrected chi connectivity index (χ2v) is 8.77. The van der Waals surface area contributed by atoms with Crippen LogP contribution in [0, 0.1) is 6.92 Å². The summed E-state index contributed by atoms with van der Waals surface area (Å²) in [5.74, 6) is -0.276. The average Bonchev–Trinajstić information content (AvgIpc) is 2.88. The van der Waals surface area contributed by atoms with Crippen LogP contribution in [0.25, 0.3) is 33.1 Å². The number of rotatable bonds is 3. The van der Waals surface area contributed by atoms with Gasteiger partial charge in [0.1, 0.15) is 22.7 Å². The Bertz CT molecular complexity index is 1800. The lowest BCUT2D eigenvalue weighted by Gasteiger charge is -2.27. The molecule has 0 aliphatic carbocycles. The summed E-state index contributed by atoms with van der Waals surface area (Å²) < 4.78 is 22.4. The highest BCUT2D eigenvalue weighted by atomic mass is 16.5. The van der Waals surface area contributed by atoms with E-state index in [1.54, 1.807) is 24.3 Å². The molecule has 0 saturated carbocycles. The molecule has 0 fully saturated rings. The van der Waals surface area contributed by atoms with Crippen molar-refractivity contribution < 1.29 is 23.1 Å². The molecule has 1 aliphatic heterocycles. The molecule has 7 heteroatoms. The molecule has 1 atom stereocenters. The molecule has 0 spiro atoms. The van der Waals surface area contributed by atoms with Crippen LogP contribution in [-0.2, 0) is 4.79 Å². The molecule has 1 aliphatic rings. The molecule has 6 rings (SSSR count). The highest BCUT2D eigenvalue weighted by Crippen LogP contribution is 2.46. The Hall–Kier alpha value is -4.65. The Kier molecular flexibility index (Phi) is 5.00. The number of hydrogen-bond acceptors (Lipinski definition) is 7. The Balaban J connectivity index is 1.66. The first-order valence-corrected chi connectivity index (χ1v) is 11.4. The van der Waals surface area contributed by atoms with E-state index >= 15 is 0 Å². The summed E-state index contributed by atoms with van der Waals surface area (Å²) >= 11 is 0. The molecular weight excluding hydrogens is 460 g/mol. The minimum absolute atomic E-state index is 0.0307. The van der Waals surface area contributed by atoms with Crippen molar-refractivity contribution in [3.05, 3.63) is 104 Å². The Morgan fingerprint density at radius 3 is 2.53 bits per heavy atom. The van der Waals surface area contributed by atoms with Crippen molar-refractivity contribution in [3.63, 3.8) is 0 Å². The van der Waals surface area contributed by atoms with E-state index < -0.39 is 17.5 Å². The summed E-state index contributed by atoms with van der Waals surface area (Å²) in [7, 11) is 1.52. The van der Waals surface area contributed by atoms with Gasteiger partial charge in [0.2, 0.25) is 0 Å². The number of esters is 1. The predicted molar refractivity (Wildman–Crippen MR) is 134 cm³/mol. The minimum atomic E-state index is -0.604. The van der Waals surface area contributed by atoms with Crippen LogP contribution in [0.15, 0.2) is 85.4 Å². The molecule has 0 amide bonds. The lowest BCUT2D eigenvalue weighted by molar-refractivity contribution is -0.135. The smallest absolute Gasteiger partial charge is 0.336 e. The van der Waals surface area contributed by atoms with Gasteiger partial charge in [-0.3, -0.25) is 9.59 Å². The summed E-state index contributed by atoms with van der Waals surface area (Å²) in [6, 6.07) is 17.5. The first-order chi connectivity index (χ1) is 17.4. The van der Waals surface area contributed by atoms with E-state index in [9.17, 15) is 14.4 Å². The van der Waals surface area contributed by atoms with Gasteiger partial charge in [0.15, 0.2) is 5.43 Å². The number of benzene rings is 3. The number of carbonyl (C=O) groups is 1. The van der Waals surface area contributed by atoms with Gasteiger partial charge in [-0.2, -0.15) is 0 Å². The van der Waals surface area contributed by atoms with Gasteiger partial charge in [-0.15, -0.1) is 0 Å². The molecule has 3 aromatic carbocycles. The lowest BCUT2D eigenvalue weighted by atomic mass is 9.82. The standard InChI is InChI=1S/C29H20O7/c1-15-10-23-27(18(12-24(30)35-23)16-6-4-3-5-7-16)29-26(15)19(13-25(31)36-29)21-14-34-22-9-8-17(33-2)11-20(22)28(21)32/h3-12,14,19H,13H2,1-2H3/t19-/m1/s1. The van der Waals surface area contributed by atoms with Gasteiger partial charge in [-0.05, 0) is 42.3 Å². The molecule has 2 aromatic heterocycles. The van der Waals surface area contributed by atoms with Gasteiger partial charge in [-0.1, -0.05) is 30.3 Å². The second kappa shape index (κ2) is 8.23. The van der Waals surface area contributed by atoms with Crippen LogP contribution in [0.2, 0.25) is 0 Å². The van der Waals surface area contributed by atoms with Gasteiger partial charge < -0.3 is 18.3 Å². The average molecular weight is 480 g/mol. The third-order valence-electron chi connectivity index (χ3n) is 6.63. The molecule has 0 saturated heterocycles. The molecule has 0 radical (unpaired) electrons. The molecule has 3 heterocycles. The lowest BCUT2D eigenvalue weighted by Crippen LogP contribution is -2.26. The number of methoxy groups -OCH3 is 1. The maximum atomic E-state index is 13.6. The minimum Gasteiger partial charge on any atom is -0.497 e. The number of aryl methyl sites for hydroxylation is 1. The van der Waals surface area contributed by atoms with Crippen molar-refractivity contribution in [1.29, 1.82) is 0 Å². The summed E-state index contributed by atoms with van der Waals surface area (Å²) in [6.07, 6.45) is 1.38. The van der Waals surface area contributed by atoms with E-state index in [2.05, 4.69) is 0 Å². The van der Waals surface area contributed by atoms with Gasteiger partial charge in [0, 0.05) is 28.7 Å². The van der Waals surface area contributed by atoms with Crippen molar-refractivity contribution >= 4 is 27.9 Å². The van der Waals surface area contributed by atoms with Crippen LogP contribution in [-0.4, -0.2) is 13.1 Å². The second-order valence-electron chi connectivity index (χ2n) is 8.77. The summed E-state index contributed by atoms with van der Waals surface area (Å²) in [5.41, 5.74) is 3.09. The van der Waals surface area contributed by atoms with E-state index in [-0.39, 0.29) is 11.8 Å². The normalized spacial score (nSPS) is 15.1. The topological polar surface area (TPSA) is 95.9 Å². The van der Waals surface area contributed by atoms with Crippen LogP contribution in [0.4, 0.5) is 0 Å². The van der Waals surface area contributed by atoms with E-state index in [4.69, 9.17) is 18.3 Å². The van der Waals surface area contributed by atoms with E-state index in [0.29, 0.717) is 50.1 Å². The summed E-state index contributed by atoms with van der Waals surface area (Å²) in [4.78, 5) is 38.9. The third-order valence-corrected chi connectivity index (χ3v) is 6.63. The fourth-order valence-electron chi connectivity index (χ4n) is 5.00. The number of hydrogen-bond donors (Lipinski definition) is 0. The van der Waals surface area contributed by atoms with Gasteiger partial charge in [-0.25, -0.2) is 4.79 Å². The van der Waals surface area contributed by atoms with Crippen molar-refractivity contribution in [3.8, 4) is 22.6 Å². The Morgan fingerprint density at radius 2 is 1.75 bits per heavy atom. The molecule has 36 heavy (non-hydrogen) atoms. The number of ether oxygens (including phenoxy) is 2. The van der Waals surface area contributed by atoms with Crippen molar-refractivity contribution in [1.82, 2.24) is 0 Å². The van der Waals surface area contributed by atoms with Gasteiger partial charge in [0.05, 0.1) is 30.6 Å². The largest absolute Gasteiger partial charge is 0.497 e. The quantitative estimate of drug-likeness (QED) is 0.196. The van der Waals surface area contributed by atoms with Crippen LogP contribution >= 0.6 is 0 Å². The highest BCUT2D eigenvalue weighted by Gasteiger charge is 2.35. The molecule has 5 aromatic rings. The van der Waals surface area contributed by atoms with Crippen LogP contribution < -0.4 is 20.5 Å². The zero-order valence-electron chi connectivity index (χ0n) is 19.5. The summed E-state index contributed by atoms with van der Waals surface area (Å²) in [5, 5.41) is 0.869. The molecule has 178 valence electrons. The molecular formula is C29H20O7. The SMILES string of the molecule is COc1ccc2occ([C@H]3CC(=O)Oc4c3c(C)cc3oc(=O)cc(-c5ccccc5)c43)c(=O)c2c1. The van der Waals surface area contributed by atoms with Crippen molar-refractivity contribution in [2.45, 2.75) is 19.3 Å². The number of carbonyl (C=O) groups excluding carboxylic acids is 1. The third kappa shape index (κ3) is 3.40. The van der Waals surface area contributed by atoms with Crippen LogP contribution in [0.1, 0.15) is 29.0 Å². The Morgan fingerprint density at radius 1 is 0.944 bits per heavy atom. The van der Waals surface area contributed by atoms with Gasteiger partial charge >= 0.3 is 11.6 Å². The van der Waals surface area contributed by atoms with Crippen molar-refractivity contribution in [2.75, 3.05) is 7.11 Å². The maximum absolute atomic E-state index is 13.6. The van der Waals surface area contributed by atoms with E-state index in [0.717, 1.165) is 11.1 Å². The van der Waals surface area contributed by atoms with E-state index in [1.807, 2.05) is 37.3 Å². The first-order valence-electron chi connectivity index (χ1n) is 11.4. The molecule has 0 unspecified atom stereocenters. The van der Waals surface area contributed by atoms with Crippen LogP contribution in [0.3, 0.4) is 0 Å². The predicted octanol–water partition coefficient (Wildman–Crippen LogP) is 5.32. The first kappa shape index (κ1) is 21.9. The zero-order valence-corrected chi connectivity index (χ0v) is 19.5. The highest BCUT2D eigenvalue weighted by molar-refractivity contribution is 6.01. The Labute approximate surface area is 204 Å². The number of fused-ring (bicyclic) bond motifs is 4. The summed E-state index contributed by atoms with van der Waals surface area (Å²) in [6.45, 7) is 1.84. The van der Waals surface area contributed by atoms with Crippen LogP contribution in [0.5, 0.6) is 11.5 Å². The molecule has 7 nitrogen and oxygen atoms in total. The maximum Gasteiger partial charge on any atom is 0.336 e. The van der Waals surface area contributed by atoms with E-state index in [1.165, 1.54) is 19.4 Å². The van der Waals surface area contributed by atoms with Gasteiger partial charge in [0.25, 0.3) is 0 Å².